The molecule has 0 saturated carbocycles. The van der Waals surface area contributed by atoms with Gasteiger partial charge in [0.05, 0.1) is 5.69 Å². The third kappa shape index (κ3) is 4.08. The Hall–Kier alpha value is -2.47. The van der Waals surface area contributed by atoms with Gasteiger partial charge in [0.25, 0.3) is 0 Å². The normalized spacial score (nSPS) is 10.4. The predicted octanol–water partition coefficient (Wildman–Crippen LogP) is 4.35. The molecule has 2 aromatic heterocycles. The third-order valence-electron chi connectivity index (χ3n) is 3.44. The van der Waals surface area contributed by atoms with E-state index in [4.69, 9.17) is 0 Å². The summed E-state index contributed by atoms with van der Waals surface area (Å²) in [6.45, 7) is 3.46. The second-order valence-electron chi connectivity index (χ2n) is 5.18. The number of hydrogen-bond acceptors (Lipinski definition) is 5. The van der Waals surface area contributed by atoms with Crippen LogP contribution < -0.4 is 10.6 Å². The maximum absolute atomic E-state index is 4.55. The SMILES string of the molecule is CCNc1nc(NCc2ccccc2Br)cc(-c2cccnc2)n1. The fourth-order valence-electron chi connectivity index (χ4n) is 2.26. The van der Waals surface area contributed by atoms with E-state index in [9.17, 15) is 0 Å². The molecule has 0 unspecified atom stereocenters. The van der Waals surface area contributed by atoms with Crippen LogP contribution in [-0.4, -0.2) is 21.5 Å². The number of pyridine rings is 1. The number of nitrogens with one attached hydrogen (secondary N) is 2. The van der Waals surface area contributed by atoms with E-state index in [1.165, 1.54) is 5.56 Å². The Morgan fingerprint density at radius 1 is 1.04 bits per heavy atom. The van der Waals surface area contributed by atoms with Crippen molar-refractivity contribution in [1.29, 1.82) is 0 Å². The van der Waals surface area contributed by atoms with Gasteiger partial charge in [0, 0.05) is 41.6 Å². The van der Waals surface area contributed by atoms with Crippen LogP contribution in [0.3, 0.4) is 0 Å². The lowest BCUT2D eigenvalue weighted by molar-refractivity contribution is 1.05. The average molecular weight is 384 g/mol. The van der Waals surface area contributed by atoms with Crippen molar-refractivity contribution < 1.29 is 0 Å². The van der Waals surface area contributed by atoms with Crippen molar-refractivity contribution in [2.45, 2.75) is 13.5 Å². The van der Waals surface area contributed by atoms with Crippen molar-refractivity contribution in [2.75, 3.05) is 17.2 Å². The van der Waals surface area contributed by atoms with Crippen molar-refractivity contribution in [3.05, 3.63) is 64.9 Å². The first kappa shape index (κ1) is 16.4. The summed E-state index contributed by atoms with van der Waals surface area (Å²) >= 11 is 3.57. The minimum Gasteiger partial charge on any atom is -0.366 e. The molecule has 0 fully saturated rings. The summed E-state index contributed by atoms with van der Waals surface area (Å²) < 4.78 is 1.07. The Labute approximate surface area is 149 Å². The van der Waals surface area contributed by atoms with E-state index in [0.717, 1.165) is 28.1 Å². The Kier molecular flexibility index (Phi) is 5.38. The van der Waals surface area contributed by atoms with Crippen LogP contribution in [0.4, 0.5) is 11.8 Å². The lowest BCUT2D eigenvalue weighted by Crippen LogP contribution is -2.07. The highest BCUT2D eigenvalue weighted by Gasteiger charge is 2.07. The largest absolute Gasteiger partial charge is 0.366 e. The topological polar surface area (TPSA) is 62.7 Å². The van der Waals surface area contributed by atoms with Crippen LogP contribution in [0.2, 0.25) is 0 Å². The van der Waals surface area contributed by atoms with Gasteiger partial charge in [-0.05, 0) is 30.7 Å². The number of hydrogen-bond donors (Lipinski definition) is 2. The molecule has 3 rings (SSSR count). The number of anilines is 2. The molecular weight excluding hydrogens is 366 g/mol. The van der Waals surface area contributed by atoms with E-state index < -0.39 is 0 Å². The molecule has 0 spiro atoms. The molecule has 5 nitrogen and oxygen atoms in total. The van der Waals surface area contributed by atoms with Crippen LogP contribution in [0.15, 0.2) is 59.3 Å². The van der Waals surface area contributed by atoms with E-state index in [1.807, 2.05) is 43.3 Å². The molecule has 0 bridgehead atoms. The van der Waals surface area contributed by atoms with Crippen molar-refractivity contribution >= 4 is 27.7 Å². The molecule has 2 N–H and O–H groups in total. The van der Waals surface area contributed by atoms with Crippen molar-refractivity contribution in [3.8, 4) is 11.3 Å². The predicted molar refractivity (Wildman–Crippen MR) is 101 cm³/mol. The maximum atomic E-state index is 4.55. The second kappa shape index (κ2) is 7.88. The second-order valence-corrected chi connectivity index (χ2v) is 6.03. The summed E-state index contributed by atoms with van der Waals surface area (Å²) in [6, 6.07) is 14.0. The fourth-order valence-corrected chi connectivity index (χ4v) is 2.69. The molecule has 0 aliphatic heterocycles. The Balaban J connectivity index is 1.86. The lowest BCUT2D eigenvalue weighted by Gasteiger charge is -2.11. The van der Waals surface area contributed by atoms with Crippen molar-refractivity contribution in [3.63, 3.8) is 0 Å². The summed E-state index contributed by atoms with van der Waals surface area (Å²) in [4.78, 5) is 13.2. The number of benzene rings is 1. The van der Waals surface area contributed by atoms with Crippen LogP contribution in [0.25, 0.3) is 11.3 Å². The monoisotopic (exact) mass is 383 g/mol. The maximum Gasteiger partial charge on any atom is 0.225 e. The van der Waals surface area contributed by atoms with Gasteiger partial charge < -0.3 is 10.6 Å². The standard InChI is InChI=1S/C18H18BrN5/c1-2-21-18-23-16(14-7-5-9-20-11-14)10-17(24-18)22-12-13-6-3-4-8-15(13)19/h3-11H,2,12H2,1H3,(H2,21,22,23,24). The fraction of sp³-hybridized carbons (Fsp3) is 0.167. The summed E-state index contributed by atoms with van der Waals surface area (Å²) in [6.07, 6.45) is 3.55. The third-order valence-corrected chi connectivity index (χ3v) is 4.21. The first-order valence-electron chi connectivity index (χ1n) is 7.77. The van der Waals surface area contributed by atoms with Gasteiger partial charge in [-0.2, -0.15) is 4.98 Å². The van der Waals surface area contributed by atoms with Crippen LogP contribution in [0.5, 0.6) is 0 Å². The summed E-state index contributed by atoms with van der Waals surface area (Å²) in [5.74, 6) is 1.38. The summed E-state index contributed by atoms with van der Waals surface area (Å²) in [5, 5.41) is 6.54. The van der Waals surface area contributed by atoms with Gasteiger partial charge >= 0.3 is 0 Å². The smallest absolute Gasteiger partial charge is 0.225 e. The van der Waals surface area contributed by atoms with Gasteiger partial charge in [-0.25, -0.2) is 4.98 Å². The number of rotatable bonds is 6. The van der Waals surface area contributed by atoms with Gasteiger partial charge in [0.15, 0.2) is 0 Å². The van der Waals surface area contributed by atoms with Gasteiger partial charge in [-0.3, -0.25) is 4.98 Å². The van der Waals surface area contributed by atoms with Crippen LogP contribution >= 0.6 is 15.9 Å². The van der Waals surface area contributed by atoms with E-state index in [1.54, 1.807) is 12.4 Å². The lowest BCUT2D eigenvalue weighted by atomic mass is 10.2. The van der Waals surface area contributed by atoms with Crippen LogP contribution in [-0.2, 0) is 6.54 Å². The molecular formula is C18H18BrN5. The van der Waals surface area contributed by atoms with Gasteiger partial charge in [0.1, 0.15) is 5.82 Å². The Morgan fingerprint density at radius 3 is 2.67 bits per heavy atom. The Bertz CT molecular complexity index is 808. The van der Waals surface area contributed by atoms with Crippen molar-refractivity contribution in [1.82, 2.24) is 15.0 Å². The first-order chi connectivity index (χ1) is 11.8. The highest BCUT2D eigenvalue weighted by Crippen LogP contribution is 2.22. The highest BCUT2D eigenvalue weighted by atomic mass is 79.9. The van der Waals surface area contributed by atoms with Crippen LogP contribution in [0, 0.1) is 0 Å². The van der Waals surface area contributed by atoms with Crippen molar-refractivity contribution in [2.24, 2.45) is 0 Å². The van der Waals surface area contributed by atoms with E-state index in [0.29, 0.717) is 12.5 Å². The van der Waals surface area contributed by atoms with E-state index in [2.05, 4.69) is 47.6 Å². The molecule has 0 atom stereocenters. The minimum atomic E-state index is 0.605. The molecule has 1 aromatic carbocycles. The van der Waals surface area contributed by atoms with E-state index in [-0.39, 0.29) is 0 Å². The molecule has 0 saturated heterocycles. The molecule has 0 amide bonds. The molecule has 24 heavy (non-hydrogen) atoms. The first-order valence-corrected chi connectivity index (χ1v) is 8.56. The Morgan fingerprint density at radius 2 is 1.92 bits per heavy atom. The molecule has 0 aliphatic carbocycles. The quantitative estimate of drug-likeness (QED) is 0.662. The van der Waals surface area contributed by atoms with Gasteiger partial charge in [0.2, 0.25) is 5.95 Å². The molecule has 2 heterocycles. The zero-order valence-corrected chi connectivity index (χ0v) is 14.9. The molecule has 3 aromatic rings. The average Bonchev–Trinajstić information content (AvgIpc) is 2.62. The number of aromatic nitrogens is 3. The van der Waals surface area contributed by atoms with Gasteiger partial charge in [-0.15, -0.1) is 0 Å². The highest BCUT2D eigenvalue weighted by molar-refractivity contribution is 9.10. The molecule has 122 valence electrons. The summed E-state index contributed by atoms with van der Waals surface area (Å²) in [7, 11) is 0. The summed E-state index contributed by atoms with van der Waals surface area (Å²) in [5.41, 5.74) is 2.97. The van der Waals surface area contributed by atoms with Crippen LogP contribution in [0.1, 0.15) is 12.5 Å². The van der Waals surface area contributed by atoms with E-state index >= 15 is 0 Å². The minimum absolute atomic E-state index is 0.605. The zero-order chi connectivity index (χ0) is 16.8. The molecule has 6 heteroatoms. The molecule has 0 aliphatic rings. The number of nitrogens with zero attached hydrogens (tertiary/aromatic N) is 3. The molecule has 0 radical (unpaired) electrons. The zero-order valence-electron chi connectivity index (χ0n) is 13.3. The number of halogens is 1. The van der Waals surface area contributed by atoms with Gasteiger partial charge in [-0.1, -0.05) is 34.1 Å².